The molecule has 2 rings (SSSR count). The van der Waals surface area contributed by atoms with Crippen molar-refractivity contribution in [2.24, 2.45) is 0 Å². The second-order valence-electron chi connectivity index (χ2n) is 3.94. The first kappa shape index (κ1) is 13.7. The Kier molecular flexibility index (Phi) is 3.66. The molecule has 0 radical (unpaired) electrons. The fraction of sp³-hybridized carbons (Fsp3) is 0.231. The molecule has 2 aromatic rings. The number of aryl methyl sites for hydroxylation is 1. The minimum absolute atomic E-state index is 0.0382. The van der Waals surface area contributed by atoms with E-state index in [1.54, 1.807) is 24.3 Å². The van der Waals surface area contributed by atoms with Gasteiger partial charge in [0, 0.05) is 0 Å². The minimum atomic E-state index is -3.64. The van der Waals surface area contributed by atoms with Crippen LogP contribution in [0.4, 0.5) is 8.78 Å². The van der Waals surface area contributed by atoms with Crippen LogP contribution < -0.4 is 0 Å². The lowest BCUT2D eigenvalue weighted by molar-refractivity contribution is 0.0826. The van der Waals surface area contributed by atoms with Gasteiger partial charge in [-0.15, -0.1) is 0 Å². The number of halogens is 3. The zero-order chi connectivity index (χ0) is 14.0. The van der Waals surface area contributed by atoms with E-state index in [-0.39, 0.29) is 5.69 Å². The third-order valence-electron chi connectivity index (χ3n) is 2.78. The average Bonchev–Trinajstić information content (AvgIpc) is 2.82. The SMILES string of the molecule is CCc1ccccc1-n1c(C=O)cnc1C(F)(F)Cl. The van der Waals surface area contributed by atoms with Crippen LogP contribution in [-0.2, 0) is 11.8 Å². The van der Waals surface area contributed by atoms with Crippen molar-refractivity contribution in [2.45, 2.75) is 18.7 Å². The van der Waals surface area contributed by atoms with E-state index in [2.05, 4.69) is 4.98 Å². The summed E-state index contributed by atoms with van der Waals surface area (Å²) in [4.78, 5) is 14.6. The van der Waals surface area contributed by atoms with Gasteiger partial charge in [-0.1, -0.05) is 25.1 Å². The van der Waals surface area contributed by atoms with Crippen molar-refractivity contribution in [1.82, 2.24) is 9.55 Å². The molecule has 3 nitrogen and oxygen atoms in total. The van der Waals surface area contributed by atoms with E-state index >= 15 is 0 Å². The van der Waals surface area contributed by atoms with Crippen molar-refractivity contribution in [3.63, 3.8) is 0 Å². The number of carbonyl (C=O) groups excluding carboxylic acids is 1. The molecule has 1 aromatic heterocycles. The van der Waals surface area contributed by atoms with Crippen molar-refractivity contribution >= 4 is 17.9 Å². The maximum Gasteiger partial charge on any atom is 0.380 e. The summed E-state index contributed by atoms with van der Waals surface area (Å²) in [5.74, 6) is -0.655. The summed E-state index contributed by atoms with van der Waals surface area (Å²) in [6.07, 6.45) is 2.20. The van der Waals surface area contributed by atoms with E-state index in [1.807, 2.05) is 6.92 Å². The predicted molar refractivity (Wildman–Crippen MR) is 68.1 cm³/mol. The summed E-state index contributed by atoms with van der Waals surface area (Å²) in [5, 5.41) is -3.64. The molecule has 1 aromatic carbocycles. The van der Waals surface area contributed by atoms with E-state index in [1.165, 1.54) is 0 Å². The Labute approximate surface area is 113 Å². The smallest absolute Gasteiger partial charge is 0.296 e. The zero-order valence-electron chi connectivity index (χ0n) is 10.1. The topological polar surface area (TPSA) is 34.9 Å². The predicted octanol–water partition coefficient (Wildman–Crippen LogP) is 3.54. The number of carbonyl (C=O) groups is 1. The first-order valence-corrected chi connectivity index (χ1v) is 6.05. The molecular weight excluding hydrogens is 274 g/mol. The fourth-order valence-electron chi connectivity index (χ4n) is 1.93. The monoisotopic (exact) mass is 284 g/mol. The maximum atomic E-state index is 13.4. The summed E-state index contributed by atoms with van der Waals surface area (Å²) >= 11 is 5.05. The Balaban J connectivity index is 2.73. The highest BCUT2D eigenvalue weighted by Crippen LogP contribution is 2.34. The Morgan fingerprint density at radius 2 is 2.11 bits per heavy atom. The van der Waals surface area contributed by atoms with E-state index in [0.717, 1.165) is 16.3 Å². The highest BCUT2D eigenvalue weighted by Gasteiger charge is 2.35. The number of para-hydroxylation sites is 1. The number of aldehydes is 1. The number of rotatable bonds is 4. The van der Waals surface area contributed by atoms with E-state index in [4.69, 9.17) is 11.6 Å². The van der Waals surface area contributed by atoms with Crippen LogP contribution in [0.5, 0.6) is 0 Å². The molecule has 0 fully saturated rings. The molecule has 0 unspecified atom stereocenters. The Morgan fingerprint density at radius 1 is 1.42 bits per heavy atom. The van der Waals surface area contributed by atoms with Crippen LogP contribution in [0.25, 0.3) is 5.69 Å². The molecule has 0 atom stereocenters. The zero-order valence-corrected chi connectivity index (χ0v) is 10.9. The molecule has 0 aliphatic carbocycles. The number of hydrogen-bond acceptors (Lipinski definition) is 2. The van der Waals surface area contributed by atoms with Crippen LogP contribution in [0.3, 0.4) is 0 Å². The molecule has 1 heterocycles. The molecule has 0 saturated heterocycles. The number of aromatic nitrogens is 2. The van der Waals surface area contributed by atoms with Gasteiger partial charge in [-0.05, 0) is 29.7 Å². The van der Waals surface area contributed by atoms with Gasteiger partial charge < -0.3 is 0 Å². The summed E-state index contributed by atoms with van der Waals surface area (Å²) in [7, 11) is 0. The van der Waals surface area contributed by atoms with E-state index in [9.17, 15) is 13.6 Å². The number of imidazole rings is 1. The molecule has 19 heavy (non-hydrogen) atoms. The van der Waals surface area contributed by atoms with Gasteiger partial charge in [-0.2, -0.15) is 8.78 Å². The van der Waals surface area contributed by atoms with E-state index in [0.29, 0.717) is 18.4 Å². The molecule has 100 valence electrons. The normalized spacial score (nSPS) is 11.6. The van der Waals surface area contributed by atoms with Crippen molar-refractivity contribution in [3.8, 4) is 5.69 Å². The lowest BCUT2D eigenvalue weighted by Crippen LogP contribution is -2.15. The first-order chi connectivity index (χ1) is 8.99. The molecule has 0 aliphatic rings. The van der Waals surface area contributed by atoms with Gasteiger partial charge in [-0.3, -0.25) is 9.36 Å². The van der Waals surface area contributed by atoms with Gasteiger partial charge >= 0.3 is 5.38 Å². The molecule has 0 amide bonds. The average molecular weight is 285 g/mol. The van der Waals surface area contributed by atoms with Crippen LogP contribution >= 0.6 is 11.6 Å². The Bertz CT molecular complexity index is 605. The van der Waals surface area contributed by atoms with Crippen LogP contribution in [0.2, 0.25) is 0 Å². The summed E-state index contributed by atoms with van der Waals surface area (Å²) in [6.45, 7) is 1.90. The number of benzene rings is 1. The molecular formula is C13H11ClF2N2O. The molecule has 6 heteroatoms. The minimum Gasteiger partial charge on any atom is -0.296 e. The second-order valence-corrected chi connectivity index (χ2v) is 4.41. The van der Waals surface area contributed by atoms with Gasteiger partial charge in [0.2, 0.25) is 5.82 Å². The third-order valence-corrected chi connectivity index (χ3v) is 2.95. The van der Waals surface area contributed by atoms with Crippen LogP contribution in [-0.4, -0.2) is 15.8 Å². The lowest BCUT2D eigenvalue weighted by Gasteiger charge is -2.15. The summed E-state index contributed by atoms with van der Waals surface area (Å²) in [5.41, 5.74) is 1.35. The molecule has 0 bridgehead atoms. The van der Waals surface area contributed by atoms with Crippen molar-refractivity contribution in [2.75, 3.05) is 0 Å². The molecule has 0 aliphatic heterocycles. The van der Waals surface area contributed by atoms with Gasteiger partial charge in [0.1, 0.15) is 5.69 Å². The van der Waals surface area contributed by atoms with Gasteiger partial charge in [0.25, 0.3) is 0 Å². The second kappa shape index (κ2) is 5.09. The van der Waals surface area contributed by atoms with Gasteiger partial charge in [0.05, 0.1) is 11.9 Å². The standard InChI is InChI=1S/C13H11ClF2N2O/c1-2-9-5-3-4-6-11(9)18-10(8-19)7-17-12(18)13(14,15)16/h3-8H,2H2,1H3. The third kappa shape index (κ3) is 2.51. The number of nitrogens with zero attached hydrogens (tertiary/aromatic N) is 2. The fourth-order valence-corrected chi connectivity index (χ4v) is 2.06. The molecule has 0 spiro atoms. The first-order valence-electron chi connectivity index (χ1n) is 5.67. The summed E-state index contributed by atoms with van der Waals surface area (Å²) in [6, 6.07) is 6.97. The van der Waals surface area contributed by atoms with Crippen molar-refractivity contribution in [3.05, 3.63) is 47.5 Å². The van der Waals surface area contributed by atoms with Crippen LogP contribution in [0.1, 0.15) is 28.8 Å². The molecule has 0 saturated carbocycles. The number of alkyl halides is 3. The van der Waals surface area contributed by atoms with E-state index < -0.39 is 11.2 Å². The Hall–Kier alpha value is -1.75. The van der Waals surface area contributed by atoms with Gasteiger partial charge in [-0.25, -0.2) is 4.98 Å². The Morgan fingerprint density at radius 3 is 2.68 bits per heavy atom. The van der Waals surface area contributed by atoms with Crippen molar-refractivity contribution < 1.29 is 13.6 Å². The largest absolute Gasteiger partial charge is 0.380 e. The summed E-state index contributed by atoms with van der Waals surface area (Å²) < 4.78 is 27.8. The maximum absolute atomic E-state index is 13.4. The quantitative estimate of drug-likeness (QED) is 0.636. The van der Waals surface area contributed by atoms with Crippen LogP contribution in [0, 0.1) is 0 Å². The lowest BCUT2D eigenvalue weighted by atomic mass is 10.1. The van der Waals surface area contributed by atoms with Crippen LogP contribution in [0.15, 0.2) is 30.5 Å². The number of hydrogen-bond donors (Lipinski definition) is 0. The molecule has 0 N–H and O–H groups in total. The highest BCUT2D eigenvalue weighted by atomic mass is 35.5. The van der Waals surface area contributed by atoms with Crippen molar-refractivity contribution in [1.29, 1.82) is 0 Å². The highest BCUT2D eigenvalue weighted by molar-refractivity contribution is 6.21. The van der Waals surface area contributed by atoms with Gasteiger partial charge in [0.15, 0.2) is 6.29 Å².